The summed E-state index contributed by atoms with van der Waals surface area (Å²) < 4.78 is 89.2. The molecule has 4 aromatic carbocycles. The van der Waals surface area contributed by atoms with Crippen LogP contribution in [0, 0.1) is 34.9 Å². The first-order valence-corrected chi connectivity index (χ1v) is 10.2. The van der Waals surface area contributed by atoms with Gasteiger partial charge in [-0.1, -0.05) is 24.3 Å². The highest BCUT2D eigenvalue weighted by molar-refractivity contribution is 5.88. The van der Waals surface area contributed by atoms with E-state index in [-0.39, 0.29) is 47.3 Å². The first kappa shape index (κ1) is 22.7. The van der Waals surface area contributed by atoms with Crippen molar-refractivity contribution in [2.24, 2.45) is 0 Å². The monoisotopic (exact) mass is 460 g/mol. The molecule has 0 amide bonds. The van der Waals surface area contributed by atoms with E-state index in [1.165, 1.54) is 24.3 Å². The Kier molecular flexibility index (Phi) is 6.31. The van der Waals surface area contributed by atoms with Crippen molar-refractivity contribution in [2.45, 2.75) is 19.8 Å². The molecule has 33 heavy (non-hydrogen) atoms. The second-order valence-corrected chi connectivity index (χ2v) is 7.54. The third-order valence-electron chi connectivity index (χ3n) is 5.38. The number of hydrogen-bond acceptors (Lipinski definition) is 1. The van der Waals surface area contributed by atoms with Crippen LogP contribution >= 0.6 is 0 Å². The highest BCUT2D eigenvalue weighted by atomic mass is 19.2. The van der Waals surface area contributed by atoms with E-state index in [0.717, 1.165) is 24.3 Å². The summed E-state index contributed by atoms with van der Waals surface area (Å²) in [6, 6.07) is 11.4. The molecule has 0 heterocycles. The number of halogens is 6. The zero-order valence-electron chi connectivity index (χ0n) is 17.5. The van der Waals surface area contributed by atoms with Crippen LogP contribution in [0.25, 0.3) is 21.9 Å². The summed E-state index contributed by atoms with van der Waals surface area (Å²) in [6.07, 6.45) is 0.216. The minimum atomic E-state index is -1.55. The number of hydrogen-bond donors (Lipinski definition) is 0. The summed E-state index contributed by atoms with van der Waals surface area (Å²) in [7, 11) is 0. The van der Waals surface area contributed by atoms with Crippen molar-refractivity contribution in [2.75, 3.05) is 6.61 Å². The third-order valence-corrected chi connectivity index (χ3v) is 5.38. The van der Waals surface area contributed by atoms with Crippen molar-refractivity contribution in [3.63, 3.8) is 0 Å². The molecule has 4 rings (SSSR count). The fourth-order valence-electron chi connectivity index (χ4n) is 3.79. The van der Waals surface area contributed by atoms with E-state index < -0.39 is 34.9 Å². The molecule has 4 aromatic rings. The Morgan fingerprint density at radius 2 is 1.33 bits per heavy atom. The lowest BCUT2D eigenvalue weighted by molar-refractivity contribution is 0.336. The van der Waals surface area contributed by atoms with Crippen LogP contribution in [0.5, 0.6) is 5.75 Å². The zero-order valence-corrected chi connectivity index (χ0v) is 17.5. The van der Waals surface area contributed by atoms with Crippen LogP contribution in [0.15, 0.2) is 54.6 Å². The lowest BCUT2D eigenvalue weighted by Crippen LogP contribution is -1.99. The van der Waals surface area contributed by atoms with Gasteiger partial charge in [-0.05, 0) is 60.0 Å². The molecule has 0 aliphatic rings. The molecule has 0 aliphatic carbocycles. The summed E-state index contributed by atoms with van der Waals surface area (Å²) in [5, 5.41) is 0.666. The summed E-state index contributed by atoms with van der Waals surface area (Å²) in [5.74, 6) is -6.21. The molecule has 0 unspecified atom stereocenters. The number of ether oxygens (including phenoxy) is 1. The van der Waals surface area contributed by atoms with Gasteiger partial charge in [-0.3, -0.25) is 0 Å². The molecule has 7 heteroatoms. The van der Waals surface area contributed by atoms with Gasteiger partial charge >= 0.3 is 0 Å². The van der Waals surface area contributed by atoms with Crippen molar-refractivity contribution in [3.05, 3.63) is 101 Å². The van der Waals surface area contributed by atoms with Crippen molar-refractivity contribution >= 4 is 10.8 Å². The minimum absolute atomic E-state index is 0.0774. The Morgan fingerprint density at radius 3 is 1.97 bits per heavy atom. The molecule has 1 nitrogen and oxygen atoms in total. The van der Waals surface area contributed by atoms with Crippen molar-refractivity contribution in [3.8, 4) is 16.9 Å². The summed E-state index contributed by atoms with van der Waals surface area (Å²) in [6.45, 7) is 1.97. The molecule has 0 aliphatic heterocycles. The average molecular weight is 460 g/mol. The average Bonchev–Trinajstić information content (AvgIpc) is 2.76. The molecular formula is C26H18F6O. The molecule has 0 saturated carbocycles. The minimum Gasteiger partial charge on any atom is -0.494 e. The molecule has 0 spiro atoms. The highest BCUT2D eigenvalue weighted by Gasteiger charge is 2.16. The van der Waals surface area contributed by atoms with E-state index in [1.807, 2.05) is 0 Å². The highest BCUT2D eigenvalue weighted by Crippen LogP contribution is 2.33. The Morgan fingerprint density at radius 1 is 0.667 bits per heavy atom. The van der Waals surface area contributed by atoms with E-state index in [2.05, 4.69) is 0 Å². The zero-order chi connectivity index (χ0) is 23.7. The van der Waals surface area contributed by atoms with Gasteiger partial charge in [0.2, 0.25) is 0 Å². The molecule has 0 saturated heterocycles. The fourth-order valence-corrected chi connectivity index (χ4v) is 3.79. The quantitative estimate of drug-likeness (QED) is 0.214. The number of aryl methyl sites for hydroxylation is 2. The van der Waals surface area contributed by atoms with Crippen molar-refractivity contribution in [1.29, 1.82) is 0 Å². The first-order chi connectivity index (χ1) is 15.8. The van der Waals surface area contributed by atoms with Crippen LogP contribution in [-0.2, 0) is 12.8 Å². The van der Waals surface area contributed by atoms with Crippen molar-refractivity contribution in [1.82, 2.24) is 0 Å². The number of benzene rings is 4. The Hall–Kier alpha value is -3.48. The number of fused-ring (bicyclic) bond motifs is 1. The maximum Gasteiger partial charge on any atom is 0.194 e. The predicted octanol–water partition coefficient (Wildman–Crippen LogP) is 7.53. The molecule has 0 N–H and O–H groups in total. The first-order valence-electron chi connectivity index (χ1n) is 10.2. The maximum atomic E-state index is 15.1. The van der Waals surface area contributed by atoms with Gasteiger partial charge in [-0.25, -0.2) is 26.3 Å². The standard InChI is InChI=1S/C26H18F6O/c1-2-33-18-12-20(27)24(21(28)13-18)17-7-8-19-16(11-17)6-5-15(25(19)31)4-3-14-9-22(29)26(32)23(30)10-14/h5-13H,2-4H2,1H3. The summed E-state index contributed by atoms with van der Waals surface area (Å²) >= 11 is 0. The Bertz CT molecular complexity index is 1300. The molecular weight excluding hydrogens is 442 g/mol. The van der Waals surface area contributed by atoms with Crippen molar-refractivity contribution < 1.29 is 31.1 Å². The molecule has 0 bridgehead atoms. The van der Waals surface area contributed by atoms with E-state index in [4.69, 9.17) is 4.74 Å². The van der Waals surface area contributed by atoms with Crippen LogP contribution in [0.4, 0.5) is 26.3 Å². The Labute approximate surface area is 186 Å². The lowest BCUT2D eigenvalue weighted by Gasteiger charge is -2.11. The van der Waals surface area contributed by atoms with Gasteiger partial charge in [0, 0.05) is 17.5 Å². The largest absolute Gasteiger partial charge is 0.494 e. The van der Waals surface area contributed by atoms with Crippen LogP contribution in [0.2, 0.25) is 0 Å². The van der Waals surface area contributed by atoms with Crippen LogP contribution in [-0.4, -0.2) is 6.61 Å². The maximum absolute atomic E-state index is 15.1. The van der Waals surface area contributed by atoms with Gasteiger partial charge in [0.15, 0.2) is 17.5 Å². The van der Waals surface area contributed by atoms with Gasteiger partial charge in [0.05, 0.1) is 12.2 Å². The van der Waals surface area contributed by atoms with Crippen LogP contribution in [0.3, 0.4) is 0 Å². The molecule has 0 radical (unpaired) electrons. The molecule has 170 valence electrons. The Balaban J connectivity index is 1.63. The van der Waals surface area contributed by atoms with E-state index in [9.17, 15) is 22.0 Å². The normalized spacial score (nSPS) is 11.2. The summed E-state index contributed by atoms with van der Waals surface area (Å²) in [5.41, 5.74) is 0.483. The van der Waals surface area contributed by atoms with Gasteiger partial charge in [0.1, 0.15) is 23.2 Å². The molecule has 0 aromatic heterocycles. The second kappa shape index (κ2) is 9.17. The fraction of sp³-hybridized carbons (Fsp3) is 0.154. The van der Waals surface area contributed by atoms with E-state index >= 15 is 4.39 Å². The smallest absolute Gasteiger partial charge is 0.194 e. The molecule has 0 fully saturated rings. The molecule has 0 atom stereocenters. The number of rotatable bonds is 6. The SMILES string of the molecule is CCOc1cc(F)c(-c2ccc3c(F)c(CCc4cc(F)c(F)c(F)c4)ccc3c2)c(F)c1. The van der Waals surface area contributed by atoms with E-state index in [1.54, 1.807) is 13.0 Å². The van der Waals surface area contributed by atoms with Crippen LogP contribution < -0.4 is 4.74 Å². The van der Waals surface area contributed by atoms with Gasteiger partial charge in [-0.15, -0.1) is 0 Å². The van der Waals surface area contributed by atoms with Gasteiger partial charge < -0.3 is 4.74 Å². The lowest BCUT2D eigenvalue weighted by atomic mass is 9.96. The third kappa shape index (κ3) is 4.53. The van der Waals surface area contributed by atoms with Crippen LogP contribution in [0.1, 0.15) is 18.1 Å². The van der Waals surface area contributed by atoms with Gasteiger partial charge in [-0.2, -0.15) is 0 Å². The predicted molar refractivity (Wildman–Crippen MR) is 114 cm³/mol. The summed E-state index contributed by atoms with van der Waals surface area (Å²) in [4.78, 5) is 0. The van der Waals surface area contributed by atoms with Gasteiger partial charge in [0.25, 0.3) is 0 Å². The second-order valence-electron chi connectivity index (χ2n) is 7.54. The van der Waals surface area contributed by atoms with E-state index in [0.29, 0.717) is 10.9 Å². The topological polar surface area (TPSA) is 9.23 Å².